The zero-order valence-electron chi connectivity index (χ0n) is 16.0. The number of hydrogen-bond acceptors (Lipinski definition) is 6. The Morgan fingerprint density at radius 1 is 1.32 bits per heavy atom. The number of carbonyl (C=O) groups excluding carboxylic acids is 2. The van der Waals surface area contributed by atoms with Gasteiger partial charge < -0.3 is 14.4 Å². The second kappa shape index (κ2) is 7.43. The van der Waals surface area contributed by atoms with Gasteiger partial charge in [-0.25, -0.2) is 4.98 Å². The lowest BCUT2D eigenvalue weighted by Crippen LogP contribution is -2.28. The molecule has 0 spiro atoms. The zero-order chi connectivity index (χ0) is 19.7. The molecule has 0 aliphatic carbocycles. The minimum atomic E-state index is -0.329. The van der Waals surface area contributed by atoms with Crippen LogP contribution in [0.5, 0.6) is 11.5 Å². The highest BCUT2D eigenvalue weighted by Gasteiger charge is 2.32. The zero-order valence-corrected chi connectivity index (χ0v) is 16.8. The van der Waals surface area contributed by atoms with Gasteiger partial charge in [0.15, 0.2) is 23.2 Å². The Morgan fingerprint density at radius 2 is 2.11 bits per heavy atom. The Labute approximate surface area is 167 Å². The van der Waals surface area contributed by atoms with Crippen molar-refractivity contribution in [3.63, 3.8) is 0 Å². The van der Waals surface area contributed by atoms with E-state index in [4.69, 9.17) is 9.47 Å². The van der Waals surface area contributed by atoms with Crippen LogP contribution in [-0.4, -0.2) is 47.0 Å². The molecule has 2 amide bonds. The number of anilines is 1. The first-order chi connectivity index (χ1) is 13.4. The van der Waals surface area contributed by atoms with Crippen LogP contribution in [0.4, 0.5) is 5.13 Å². The predicted octanol–water partition coefficient (Wildman–Crippen LogP) is 3.11. The van der Waals surface area contributed by atoms with E-state index in [0.29, 0.717) is 22.3 Å². The molecule has 0 atom stereocenters. The molecule has 1 fully saturated rings. The summed E-state index contributed by atoms with van der Waals surface area (Å²) in [4.78, 5) is 30.6. The smallest absolute Gasteiger partial charge is 0.273 e. The topological polar surface area (TPSA) is 80.8 Å². The van der Waals surface area contributed by atoms with Crippen molar-refractivity contribution in [2.24, 2.45) is 0 Å². The van der Waals surface area contributed by atoms with Gasteiger partial charge in [0.25, 0.3) is 11.8 Å². The maximum absolute atomic E-state index is 12.3. The normalized spacial score (nSPS) is 17.1. The van der Waals surface area contributed by atoms with Crippen molar-refractivity contribution < 1.29 is 19.1 Å². The van der Waals surface area contributed by atoms with Crippen LogP contribution in [0.2, 0.25) is 0 Å². The largest absolute Gasteiger partial charge is 0.483 e. The molecule has 2 aliphatic rings. The van der Waals surface area contributed by atoms with Gasteiger partial charge in [-0.05, 0) is 32.8 Å². The Bertz CT molecular complexity index is 903. The molecule has 28 heavy (non-hydrogen) atoms. The van der Waals surface area contributed by atoms with E-state index in [1.165, 1.54) is 11.3 Å². The van der Waals surface area contributed by atoms with Crippen molar-refractivity contribution in [2.75, 3.05) is 25.0 Å². The van der Waals surface area contributed by atoms with Crippen LogP contribution >= 0.6 is 11.3 Å². The molecule has 0 bridgehead atoms. The number of hydrogen-bond donors (Lipinski definition) is 1. The van der Waals surface area contributed by atoms with E-state index in [2.05, 4.69) is 10.3 Å². The maximum Gasteiger partial charge on any atom is 0.273 e. The number of carbonyl (C=O) groups is 2. The third-order valence-electron chi connectivity index (χ3n) is 4.78. The molecule has 0 saturated carbocycles. The Balaban J connectivity index is 1.34. The van der Waals surface area contributed by atoms with Crippen LogP contribution in [0.1, 0.15) is 42.7 Å². The second-order valence-corrected chi connectivity index (χ2v) is 8.52. The number of amides is 2. The monoisotopic (exact) mass is 401 g/mol. The van der Waals surface area contributed by atoms with E-state index in [-0.39, 0.29) is 24.0 Å². The number of benzene rings is 1. The van der Waals surface area contributed by atoms with Crippen molar-refractivity contribution in [1.29, 1.82) is 0 Å². The van der Waals surface area contributed by atoms with E-state index >= 15 is 0 Å². The highest BCUT2D eigenvalue weighted by atomic mass is 32.1. The van der Waals surface area contributed by atoms with Crippen LogP contribution in [0.25, 0.3) is 0 Å². The number of nitrogens with zero attached hydrogens (tertiary/aromatic N) is 2. The summed E-state index contributed by atoms with van der Waals surface area (Å²) in [5, 5.41) is 4.77. The van der Waals surface area contributed by atoms with Crippen LogP contribution in [-0.2, 0) is 11.2 Å². The summed E-state index contributed by atoms with van der Waals surface area (Å²) in [7, 11) is 0. The number of rotatable bonds is 5. The summed E-state index contributed by atoms with van der Waals surface area (Å²) in [6.07, 6.45) is 2.86. The fourth-order valence-electron chi connectivity index (χ4n) is 3.51. The van der Waals surface area contributed by atoms with Crippen LogP contribution in [0.15, 0.2) is 23.6 Å². The first-order valence-electron chi connectivity index (χ1n) is 9.40. The molecule has 8 heteroatoms. The van der Waals surface area contributed by atoms with Gasteiger partial charge in [-0.2, -0.15) is 0 Å². The maximum atomic E-state index is 12.3. The Kier molecular flexibility index (Phi) is 4.97. The number of nitrogens with one attached hydrogen (secondary N) is 1. The first-order valence-corrected chi connectivity index (χ1v) is 10.3. The summed E-state index contributed by atoms with van der Waals surface area (Å²) in [6, 6.07) is 5.70. The van der Waals surface area contributed by atoms with E-state index in [1.807, 2.05) is 26.0 Å². The summed E-state index contributed by atoms with van der Waals surface area (Å²) in [5.74, 6) is 0.852. The molecule has 148 valence electrons. The van der Waals surface area contributed by atoms with Crippen molar-refractivity contribution in [2.45, 2.75) is 38.7 Å². The number of para-hydroxylation sites is 1. The lowest BCUT2D eigenvalue weighted by molar-refractivity contribution is -0.118. The van der Waals surface area contributed by atoms with E-state index in [9.17, 15) is 9.59 Å². The predicted molar refractivity (Wildman–Crippen MR) is 106 cm³/mol. The minimum Gasteiger partial charge on any atom is -0.483 e. The SMILES string of the molecule is CC1(C)Cc2cccc(OCC(=O)Nc3nc(C(=O)N4CCCC4)cs3)c2O1. The van der Waals surface area contributed by atoms with Crippen molar-refractivity contribution >= 4 is 28.3 Å². The molecule has 1 aromatic heterocycles. The third kappa shape index (κ3) is 3.96. The molecule has 1 N–H and O–H groups in total. The van der Waals surface area contributed by atoms with Gasteiger partial charge in [-0.3, -0.25) is 14.9 Å². The number of aromatic nitrogens is 1. The van der Waals surface area contributed by atoms with Gasteiger partial charge in [0.05, 0.1) is 0 Å². The molecular weight excluding hydrogens is 378 g/mol. The van der Waals surface area contributed by atoms with Crippen molar-refractivity contribution in [3.05, 3.63) is 34.8 Å². The summed E-state index contributed by atoms with van der Waals surface area (Å²) < 4.78 is 11.6. The summed E-state index contributed by atoms with van der Waals surface area (Å²) >= 11 is 1.24. The average Bonchev–Trinajstić information content (AvgIpc) is 3.38. The highest BCUT2D eigenvalue weighted by Crippen LogP contribution is 2.41. The molecule has 2 aliphatic heterocycles. The highest BCUT2D eigenvalue weighted by molar-refractivity contribution is 7.14. The standard InChI is InChI=1S/C20H23N3O4S/c1-20(2)10-13-6-5-7-15(17(13)27-20)26-11-16(24)22-19-21-14(12-28-19)18(25)23-8-3-4-9-23/h5-7,12H,3-4,8-11H2,1-2H3,(H,21,22,24). The molecule has 1 aromatic carbocycles. The molecule has 0 unspecified atom stereocenters. The fraction of sp³-hybridized carbons (Fsp3) is 0.450. The van der Waals surface area contributed by atoms with Gasteiger partial charge in [-0.15, -0.1) is 11.3 Å². The van der Waals surface area contributed by atoms with Crippen LogP contribution in [0, 0.1) is 0 Å². The first kappa shape index (κ1) is 18.7. The number of likely N-dealkylation sites (tertiary alicyclic amines) is 1. The minimum absolute atomic E-state index is 0.0786. The fourth-order valence-corrected chi connectivity index (χ4v) is 4.21. The van der Waals surface area contributed by atoms with Gasteiger partial charge in [0, 0.05) is 30.5 Å². The van der Waals surface area contributed by atoms with Gasteiger partial charge in [0.1, 0.15) is 11.3 Å². The third-order valence-corrected chi connectivity index (χ3v) is 5.53. The van der Waals surface area contributed by atoms with Gasteiger partial charge in [-0.1, -0.05) is 12.1 Å². The summed E-state index contributed by atoms with van der Waals surface area (Å²) in [5.41, 5.74) is 1.18. The van der Waals surface area contributed by atoms with Crippen molar-refractivity contribution in [3.8, 4) is 11.5 Å². The average molecular weight is 401 g/mol. The van der Waals surface area contributed by atoms with Gasteiger partial charge >= 0.3 is 0 Å². The lowest BCUT2D eigenvalue weighted by Gasteiger charge is -2.18. The Morgan fingerprint density at radius 3 is 2.89 bits per heavy atom. The molecule has 1 saturated heterocycles. The molecule has 3 heterocycles. The van der Waals surface area contributed by atoms with Crippen LogP contribution in [0.3, 0.4) is 0 Å². The van der Waals surface area contributed by atoms with Gasteiger partial charge in [0.2, 0.25) is 0 Å². The van der Waals surface area contributed by atoms with E-state index < -0.39 is 0 Å². The number of thiazole rings is 1. The quantitative estimate of drug-likeness (QED) is 0.833. The Hall–Kier alpha value is -2.61. The molecular formula is C20H23N3O4S. The second-order valence-electron chi connectivity index (χ2n) is 7.66. The molecule has 7 nitrogen and oxygen atoms in total. The number of ether oxygens (including phenoxy) is 2. The van der Waals surface area contributed by atoms with Crippen molar-refractivity contribution in [1.82, 2.24) is 9.88 Å². The molecule has 2 aromatic rings. The number of fused-ring (bicyclic) bond motifs is 1. The van der Waals surface area contributed by atoms with Crippen LogP contribution < -0.4 is 14.8 Å². The van der Waals surface area contributed by atoms with E-state index in [0.717, 1.165) is 37.9 Å². The van der Waals surface area contributed by atoms with E-state index in [1.54, 1.807) is 16.3 Å². The summed E-state index contributed by atoms with van der Waals surface area (Å²) in [6.45, 7) is 5.42. The molecule has 4 rings (SSSR count). The molecule has 0 radical (unpaired) electrons. The lowest BCUT2D eigenvalue weighted by atomic mass is 10.0.